The third kappa shape index (κ3) is 3.54. The number of benzene rings is 2. The Bertz CT molecular complexity index is 551. The van der Waals surface area contributed by atoms with Gasteiger partial charge in [0.25, 0.3) is 0 Å². The van der Waals surface area contributed by atoms with E-state index in [1.165, 1.54) is 17.2 Å². The number of nitrogens with one attached hydrogen (secondary N) is 1. The van der Waals surface area contributed by atoms with Gasteiger partial charge in [-0.2, -0.15) is 0 Å². The molecule has 0 aliphatic rings. The highest BCUT2D eigenvalue weighted by atomic mass is 127. The Hall–Kier alpha value is -0.940. The smallest absolute Gasteiger partial charge is 0.124 e. The van der Waals surface area contributed by atoms with Crippen LogP contribution >= 0.6 is 22.6 Å². The van der Waals surface area contributed by atoms with Crippen LogP contribution in [-0.2, 0) is 0 Å². The van der Waals surface area contributed by atoms with Gasteiger partial charge in [-0.1, -0.05) is 42.8 Å². The summed E-state index contributed by atoms with van der Waals surface area (Å²) in [6, 6.07) is 13.5. The summed E-state index contributed by atoms with van der Waals surface area (Å²) in [5.41, 5.74) is 3.57. The van der Waals surface area contributed by atoms with Crippen molar-refractivity contribution in [2.45, 2.75) is 19.9 Å². The van der Waals surface area contributed by atoms with Crippen molar-refractivity contribution in [3.63, 3.8) is 0 Å². The predicted octanol–water partition coefficient (Wildman–Crippen LogP) is 4.44. The Balaban J connectivity index is 2.41. The number of aryl methyl sites for hydroxylation is 1. The summed E-state index contributed by atoms with van der Waals surface area (Å²) in [7, 11) is 0. The van der Waals surface area contributed by atoms with Crippen LogP contribution in [0.4, 0.5) is 4.39 Å². The summed E-state index contributed by atoms with van der Waals surface area (Å²) in [4.78, 5) is 0. The van der Waals surface area contributed by atoms with Crippen molar-refractivity contribution >= 4 is 22.6 Å². The lowest BCUT2D eigenvalue weighted by Crippen LogP contribution is -2.22. The monoisotopic (exact) mass is 369 g/mol. The molecule has 0 radical (unpaired) electrons. The van der Waals surface area contributed by atoms with E-state index in [0.29, 0.717) is 0 Å². The fourth-order valence-electron chi connectivity index (χ4n) is 2.11. The Labute approximate surface area is 127 Å². The number of hydrogen-bond acceptors (Lipinski definition) is 1. The molecule has 0 amide bonds. The first kappa shape index (κ1) is 14.5. The second kappa shape index (κ2) is 6.48. The molecule has 1 atom stereocenters. The van der Waals surface area contributed by atoms with Crippen LogP contribution in [-0.4, -0.2) is 6.54 Å². The first-order valence-corrected chi connectivity index (χ1v) is 7.44. The summed E-state index contributed by atoms with van der Waals surface area (Å²) in [5.74, 6) is -0.188. The Morgan fingerprint density at radius 1 is 1.16 bits per heavy atom. The van der Waals surface area contributed by atoms with Gasteiger partial charge in [0.05, 0.1) is 6.04 Å². The molecule has 0 heterocycles. The fraction of sp³-hybridized carbons (Fsp3) is 0.250. The van der Waals surface area contributed by atoms with Gasteiger partial charge in [0.1, 0.15) is 5.82 Å². The minimum Gasteiger partial charge on any atom is -0.306 e. The van der Waals surface area contributed by atoms with Crippen LogP contribution in [0, 0.1) is 16.3 Å². The van der Waals surface area contributed by atoms with Gasteiger partial charge >= 0.3 is 0 Å². The average Bonchev–Trinajstić information content (AvgIpc) is 2.38. The molecule has 2 aromatic rings. The van der Waals surface area contributed by atoms with Crippen LogP contribution in [0.3, 0.4) is 0 Å². The summed E-state index contributed by atoms with van der Waals surface area (Å²) in [6.07, 6.45) is 0. The van der Waals surface area contributed by atoms with Crippen LogP contribution in [0.1, 0.15) is 29.7 Å². The van der Waals surface area contributed by atoms with Gasteiger partial charge in [0.15, 0.2) is 0 Å². The third-order valence-corrected chi connectivity index (χ3v) is 4.03. The molecule has 19 heavy (non-hydrogen) atoms. The molecule has 0 saturated heterocycles. The summed E-state index contributed by atoms with van der Waals surface area (Å²) in [6.45, 7) is 5.03. The van der Waals surface area contributed by atoms with E-state index in [-0.39, 0.29) is 11.9 Å². The lowest BCUT2D eigenvalue weighted by molar-refractivity contribution is 0.610. The Kier molecular flexibility index (Phi) is 4.93. The zero-order valence-electron chi connectivity index (χ0n) is 11.1. The van der Waals surface area contributed by atoms with Gasteiger partial charge in [-0.15, -0.1) is 0 Å². The molecule has 2 aromatic carbocycles. The van der Waals surface area contributed by atoms with E-state index in [9.17, 15) is 4.39 Å². The zero-order chi connectivity index (χ0) is 13.8. The summed E-state index contributed by atoms with van der Waals surface area (Å²) in [5, 5.41) is 3.47. The second-order valence-corrected chi connectivity index (χ2v) is 5.73. The molecule has 100 valence electrons. The van der Waals surface area contributed by atoms with E-state index in [2.05, 4.69) is 66.0 Å². The van der Waals surface area contributed by atoms with Crippen LogP contribution < -0.4 is 5.32 Å². The van der Waals surface area contributed by atoms with Gasteiger partial charge < -0.3 is 5.32 Å². The fourth-order valence-corrected chi connectivity index (χ4v) is 2.89. The molecule has 0 fully saturated rings. The highest BCUT2D eigenvalue weighted by Crippen LogP contribution is 2.27. The normalized spacial score (nSPS) is 12.4. The first-order chi connectivity index (χ1) is 9.11. The van der Waals surface area contributed by atoms with Gasteiger partial charge in [0, 0.05) is 3.57 Å². The zero-order valence-corrected chi connectivity index (χ0v) is 13.2. The van der Waals surface area contributed by atoms with Crippen LogP contribution in [0.15, 0.2) is 42.5 Å². The van der Waals surface area contributed by atoms with Crippen molar-refractivity contribution in [2.24, 2.45) is 0 Å². The first-order valence-electron chi connectivity index (χ1n) is 6.36. The van der Waals surface area contributed by atoms with Crippen molar-refractivity contribution in [1.29, 1.82) is 0 Å². The topological polar surface area (TPSA) is 12.0 Å². The number of rotatable bonds is 4. The predicted molar refractivity (Wildman–Crippen MR) is 85.8 cm³/mol. The second-order valence-electron chi connectivity index (χ2n) is 4.57. The van der Waals surface area contributed by atoms with Crippen molar-refractivity contribution in [2.75, 3.05) is 6.54 Å². The molecular formula is C16H17FIN. The maximum Gasteiger partial charge on any atom is 0.124 e. The molecule has 0 aromatic heterocycles. The largest absolute Gasteiger partial charge is 0.306 e. The lowest BCUT2D eigenvalue weighted by atomic mass is 9.98. The molecule has 0 aliphatic carbocycles. The molecule has 0 bridgehead atoms. The van der Waals surface area contributed by atoms with Crippen molar-refractivity contribution in [3.05, 3.63) is 68.5 Å². The maximum absolute atomic E-state index is 13.2. The van der Waals surface area contributed by atoms with Crippen molar-refractivity contribution in [3.8, 4) is 0 Å². The van der Waals surface area contributed by atoms with Crippen molar-refractivity contribution in [1.82, 2.24) is 5.32 Å². The maximum atomic E-state index is 13.2. The molecule has 1 unspecified atom stereocenters. The molecule has 3 heteroatoms. The van der Waals surface area contributed by atoms with E-state index in [1.807, 2.05) is 6.07 Å². The minimum atomic E-state index is -0.188. The SMILES string of the molecule is CCNC(c1ccc(C)cc1)c1ccc(F)cc1I. The molecular weight excluding hydrogens is 352 g/mol. The van der Waals surface area contributed by atoms with Gasteiger partial charge in [-0.05, 0) is 59.3 Å². The third-order valence-electron chi connectivity index (χ3n) is 3.09. The van der Waals surface area contributed by atoms with E-state index in [0.717, 1.165) is 15.7 Å². The highest BCUT2D eigenvalue weighted by molar-refractivity contribution is 14.1. The van der Waals surface area contributed by atoms with Crippen LogP contribution in [0.2, 0.25) is 0 Å². The Morgan fingerprint density at radius 2 is 1.84 bits per heavy atom. The molecule has 0 aliphatic heterocycles. The average molecular weight is 369 g/mol. The van der Waals surface area contributed by atoms with Crippen LogP contribution in [0.5, 0.6) is 0 Å². The molecule has 1 N–H and O–H groups in total. The standard InChI is InChI=1S/C16H17FIN/c1-3-19-16(12-6-4-11(2)5-7-12)14-9-8-13(17)10-15(14)18/h4-10,16,19H,3H2,1-2H3. The summed E-state index contributed by atoms with van der Waals surface area (Å²) < 4.78 is 14.2. The Morgan fingerprint density at radius 3 is 2.42 bits per heavy atom. The number of halogens is 2. The van der Waals surface area contributed by atoms with E-state index in [1.54, 1.807) is 6.07 Å². The van der Waals surface area contributed by atoms with Gasteiger partial charge in [0.2, 0.25) is 0 Å². The highest BCUT2D eigenvalue weighted by Gasteiger charge is 2.15. The van der Waals surface area contributed by atoms with Gasteiger partial charge in [-0.3, -0.25) is 0 Å². The summed E-state index contributed by atoms with van der Waals surface area (Å²) >= 11 is 2.19. The van der Waals surface area contributed by atoms with E-state index >= 15 is 0 Å². The molecule has 1 nitrogen and oxygen atoms in total. The lowest BCUT2D eigenvalue weighted by Gasteiger charge is -2.20. The quantitative estimate of drug-likeness (QED) is 0.786. The minimum absolute atomic E-state index is 0.109. The molecule has 0 saturated carbocycles. The van der Waals surface area contributed by atoms with E-state index in [4.69, 9.17) is 0 Å². The van der Waals surface area contributed by atoms with Crippen molar-refractivity contribution < 1.29 is 4.39 Å². The van der Waals surface area contributed by atoms with Crippen LogP contribution in [0.25, 0.3) is 0 Å². The van der Waals surface area contributed by atoms with E-state index < -0.39 is 0 Å². The molecule has 2 rings (SSSR count). The number of hydrogen-bond donors (Lipinski definition) is 1. The molecule has 0 spiro atoms. The van der Waals surface area contributed by atoms with Gasteiger partial charge in [-0.25, -0.2) is 4.39 Å².